The van der Waals surface area contributed by atoms with Crippen LogP contribution < -0.4 is 10.1 Å². The van der Waals surface area contributed by atoms with E-state index >= 15 is 0 Å². The standard InChI is InChI=1S/C21H23F2NO2/c1-26-15-11-9-14(10-12-15)5-2-3-8-20(25)24-19-13-16(19)21-17(22)6-4-7-18(21)23/h4,6-7,9-12,16,19H,2-3,5,8,13H2,1H3,(H,24,25). The summed E-state index contributed by atoms with van der Waals surface area (Å²) in [6.07, 6.45) is 3.62. The van der Waals surface area contributed by atoms with Gasteiger partial charge >= 0.3 is 0 Å². The van der Waals surface area contributed by atoms with E-state index in [1.165, 1.54) is 23.8 Å². The number of ether oxygens (including phenoxy) is 1. The second-order valence-corrected chi connectivity index (χ2v) is 6.71. The molecule has 0 aromatic heterocycles. The number of hydrogen-bond donors (Lipinski definition) is 1. The topological polar surface area (TPSA) is 38.3 Å². The highest BCUT2D eigenvalue weighted by atomic mass is 19.1. The maximum Gasteiger partial charge on any atom is 0.220 e. The normalized spacial score (nSPS) is 18.4. The molecule has 1 amide bonds. The highest BCUT2D eigenvalue weighted by Crippen LogP contribution is 2.43. The molecule has 1 aliphatic carbocycles. The maximum absolute atomic E-state index is 13.7. The summed E-state index contributed by atoms with van der Waals surface area (Å²) in [5, 5.41) is 2.88. The Morgan fingerprint density at radius 3 is 2.46 bits per heavy atom. The molecule has 1 aliphatic rings. The Bertz CT molecular complexity index is 741. The van der Waals surface area contributed by atoms with Gasteiger partial charge in [0.25, 0.3) is 0 Å². The van der Waals surface area contributed by atoms with Crippen LogP contribution in [0.3, 0.4) is 0 Å². The molecule has 0 radical (unpaired) electrons. The number of benzene rings is 2. The van der Waals surface area contributed by atoms with Gasteiger partial charge in [0, 0.05) is 23.9 Å². The first-order valence-corrected chi connectivity index (χ1v) is 8.94. The molecule has 0 saturated heterocycles. The summed E-state index contributed by atoms with van der Waals surface area (Å²) >= 11 is 0. The summed E-state index contributed by atoms with van der Waals surface area (Å²) in [4.78, 5) is 12.0. The molecule has 5 heteroatoms. The van der Waals surface area contributed by atoms with Gasteiger partial charge < -0.3 is 10.1 Å². The fourth-order valence-electron chi connectivity index (χ4n) is 3.22. The van der Waals surface area contributed by atoms with Gasteiger partial charge in [0.2, 0.25) is 5.91 Å². The van der Waals surface area contributed by atoms with Crippen LogP contribution >= 0.6 is 0 Å². The number of nitrogens with one attached hydrogen (secondary N) is 1. The molecule has 1 saturated carbocycles. The summed E-state index contributed by atoms with van der Waals surface area (Å²) in [5.41, 5.74) is 1.31. The maximum atomic E-state index is 13.7. The highest BCUT2D eigenvalue weighted by Gasteiger charge is 2.42. The van der Waals surface area contributed by atoms with Crippen LogP contribution in [0.15, 0.2) is 42.5 Å². The molecule has 3 nitrogen and oxygen atoms in total. The van der Waals surface area contributed by atoms with Crippen molar-refractivity contribution < 1.29 is 18.3 Å². The monoisotopic (exact) mass is 359 g/mol. The molecule has 138 valence electrons. The molecule has 0 spiro atoms. The first-order chi connectivity index (χ1) is 12.6. The number of carbonyl (C=O) groups excluding carboxylic acids is 1. The lowest BCUT2D eigenvalue weighted by molar-refractivity contribution is -0.121. The number of aryl methyl sites for hydroxylation is 1. The summed E-state index contributed by atoms with van der Waals surface area (Å²) in [5.74, 6) is -0.542. The van der Waals surface area contributed by atoms with Gasteiger partial charge in [-0.1, -0.05) is 18.2 Å². The van der Waals surface area contributed by atoms with E-state index in [0.717, 1.165) is 25.0 Å². The van der Waals surface area contributed by atoms with E-state index in [1.54, 1.807) is 7.11 Å². The number of hydrogen-bond acceptors (Lipinski definition) is 2. The van der Waals surface area contributed by atoms with Crippen LogP contribution in [0.4, 0.5) is 8.78 Å². The van der Waals surface area contributed by atoms with E-state index in [9.17, 15) is 13.6 Å². The highest BCUT2D eigenvalue weighted by molar-refractivity contribution is 5.76. The summed E-state index contributed by atoms with van der Waals surface area (Å²) in [7, 11) is 1.64. The summed E-state index contributed by atoms with van der Waals surface area (Å²) in [6, 6.07) is 11.6. The quantitative estimate of drug-likeness (QED) is 0.711. The molecule has 3 rings (SSSR count). The molecule has 0 aliphatic heterocycles. The average molecular weight is 359 g/mol. The Morgan fingerprint density at radius 1 is 1.12 bits per heavy atom. The van der Waals surface area contributed by atoms with Gasteiger partial charge in [0.1, 0.15) is 17.4 Å². The van der Waals surface area contributed by atoms with Crippen molar-refractivity contribution >= 4 is 5.91 Å². The Hall–Kier alpha value is -2.43. The molecular weight excluding hydrogens is 336 g/mol. The van der Waals surface area contributed by atoms with Crippen molar-refractivity contribution in [1.82, 2.24) is 5.32 Å². The van der Waals surface area contributed by atoms with E-state index in [1.807, 2.05) is 24.3 Å². The van der Waals surface area contributed by atoms with Crippen molar-refractivity contribution in [2.75, 3.05) is 7.11 Å². The Kier molecular flexibility index (Phi) is 5.86. The third kappa shape index (κ3) is 4.59. The second-order valence-electron chi connectivity index (χ2n) is 6.71. The summed E-state index contributed by atoms with van der Waals surface area (Å²) < 4.78 is 32.6. The van der Waals surface area contributed by atoms with E-state index in [0.29, 0.717) is 12.8 Å². The minimum atomic E-state index is -0.536. The summed E-state index contributed by atoms with van der Waals surface area (Å²) in [6.45, 7) is 0. The van der Waals surface area contributed by atoms with Gasteiger partial charge in [-0.25, -0.2) is 8.78 Å². The van der Waals surface area contributed by atoms with Crippen LogP contribution in [0.1, 0.15) is 42.7 Å². The van der Waals surface area contributed by atoms with Gasteiger partial charge in [-0.15, -0.1) is 0 Å². The lowest BCUT2D eigenvalue weighted by atomic mass is 10.1. The van der Waals surface area contributed by atoms with Crippen molar-refractivity contribution in [3.05, 3.63) is 65.2 Å². The fourth-order valence-corrected chi connectivity index (χ4v) is 3.22. The Balaban J connectivity index is 1.37. The van der Waals surface area contributed by atoms with Gasteiger partial charge in [0.05, 0.1) is 7.11 Å². The van der Waals surface area contributed by atoms with Crippen molar-refractivity contribution in [3.8, 4) is 5.75 Å². The molecule has 1 N–H and O–H groups in total. The van der Waals surface area contributed by atoms with Crippen LogP contribution in [0.5, 0.6) is 5.75 Å². The van der Waals surface area contributed by atoms with Gasteiger partial charge in [-0.05, 0) is 55.5 Å². The third-order valence-electron chi connectivity index (χ3n) is 4.79. The number of carbonyl (C=O) groups is 1. The fraction of sp³-hybridized carbons (Fsp3) is 0.381. The van der Waals surface area contributed by atoms with E-state index in [4.69, 9.17) is 4.74 Å². The Morgan fingerprint density at radius 2 is 1.81 bits per heavy atom. The molecule has 1 fully saturated rings. The lowest BCUT2D eigenvalue weighted by Gasteiger charge is -2.07. The van der Waals surface area contributed by atoms with E-state index < -0.39 is 11.6 Å². The molecule has 0 bridgehead atoms. The van der Waals surface area contributed by atoms with Crippen LogP contribution in [-0.4, -0.2) is 19.1 Å². The lowest BCUT2D eigenvalue weighted by Crippen LogP contribution is -2.26. The predicted molar refractivity (Wildman–Crippen MR) is 96.2 cm³/mol. The van der Waals surface area contributed by atoms with Crippen molar-refractivity contribution in [2.45, 2.75) is 44.1 Å². The van der Waals surface area contributed by atoms with Crippen molar-refractivity contribution in [2.24, 2.45) is 0 Å². The second kappa shape index (κ2) is 8.30. The number of unbranched alkanes of at least 4 members (excludes halogenated alkanes) is 1. The molecular formula is C21H23F2NO2. The zero-order valence-corrected chi connectivity index (χ0v) is 14.8. The van der Waals surface area contributed by atoms with Crippen LogP contribution in [0.25, 0.3) is 0 Å². The minimum absolute atomic E-state index is 0.0519. The molecule has 2 aromatic carbocycles. The van der Waals surface area contributed by atoms with Crippen LogP contribution in [-0.2, 0) is 11.2 Å². The molecule has 0 heterocycles. The average Bonchev–Trinajstić information content (AvgIpc) is 3.37. The largest absolute Gasteiger partial charge is 0.497 e. The molecule has 2 atom stereocenters. The number of amides is 1. The van der Waals surface area contributed by atoms with E-state index in [2.05, 4.69) is 5.32 Å². The Labute approximate surface area is 152 Å². The first-order valence-electron chi connectivity index (χ1n) is 8.94. The molecule has 2 unspecified atom stereocenters. The zero-order chi connectivity index (χ0) is 18.5. The third-order valence-corrected chi connectivity index (χ3v) is 4.79. The minimum Gasteiger partial charge on any atom is -0.497 e. The van der Waals surface area contributed by atoms with Crippen LogP contribution in [0.2, 0.25) is 0 Å². The molecule has 2 aromatic rings. The van der Waals surface area contributed by atoms with E-state index in [-0.39, 0.29) is 23.4 Å². The number of methoxy groups -OCH3 is 1. The predicted octanol–water partition coefficient (Wildman–Crippen LogP) is 4.36. The van der Waals surface area contributed by atoms with Gasteiger partial charge in [-0.3, -0.25) is 4.79 Å². The first kappa shape index (κ1) is 18.4. The van der Waals surface area contributed by atoms with Crippen molar-refractivity contribution in [3.63, 3.8) is 0 Å². The van der Waals surface area contributed by atoms with Gasteiger partial charge in [-0.2, -0.15) is 0 Å². The van der Waals surface area contributed by atoms with Gasteiger partial charge in [0.15, 0.2) is 0 Å². The number of halogens is 2. The smallest absolute Gasteiger partial charge is 0.220 e. The van der Waals surface area contributed by atoms with Crippen molar-refractivity contribution in [1.29, 1.82) is 0 Å². The SMILES string of the molecule is COc1ccc(CCCCC(=O)NC2CC2c2c(F)cccc2F)cc1. The number of rotatable bonds is 8. The molecule has 26 heavy (non-hydrogen) atoms. The zero-order valence-electron chi connectivity index (χ0n) is 14.8. The van der Waals surface area contributed by atoms with Crippen LogP contribution in [0, 0.1) is 11.6 Å².